The van der Waals surface area contributed by atoms with Crippen molar-refractivity contribution in [3.8, 4) is 11.5 Å². The molecule has 0 saturated heterocycles. The van der Waals surface area contributed by atoms with Crippen LogP contribution in [0, 0.1) is 0 Å². The second-order valence-electron chi connectivity index (χ2n) is 8.64. The van der Waals surface area contributed by atoms with E-state index in [1.54, 1.807) is 44.4 Å². The Balaban J connectivity index is 1.93. The van der Waals surface area contributed by atoms with Crippen LogP contribution in [0.3, 0.4) is 0 Å². The lowest BCUT2D eigenvalue weighted by Gasteiger charge is -2.22. The number of rotatable bonds is 12. The van der Waals surface area contributed by atoms with Crippen LogP contribution in [0.2, 0.25) is 0 Å². The van der Waals surface area contributed by atoms with Crippen LogP contribution in [0.1, 0.15) is 30.1 Å². The minimum Gasteiger partial charge on any atom is -0.493 e. The SMILES string of the molecule is CCCCN(C)S(=O)(=O)c1ccc(C(=O)N(CCN(C)C)c2nc3cc(OC)c(OC)cc3s2)cc1. The Morgan fingerprint density at radius 3 is 2.19 bits per heavy atom. The normalized spacial score (nSPS) is 11.9. The van der Waals surface area contributed by atoms with Crippen molar-refractivity contribution in [2.75, 3.05) is 59.9 Å². The molecule has 36 heavy (non-hydrogen) atoms. The number of amides is 1. The Morgan fingerprint density at radius 2 is 1.61 bits per heavy atom. The Kier molecular flexibility index (Phi) is 9.29. The number of nitrogens with zero attached hydrogens (tertiary/aromatic N) is 4. The average Bonchev–Trinajstić information content (AvgIpc) is 3.28. The van der Waals surface area contributed by atoms with Crippen molar-refractivity contribution in [3.05, 3.63) is 42.0 Å². The number of fused-ring (bicyclic) bond motifs is 1. The second-order valence-corrected chi connectivity index (χ2v) is 11.7. The van der Waals surface area contributed by atoms with Crippen molar-refractivity contribution in [1.82, 2.24) is 14.2 Å². The predicted molar refractivity (Wildman–Crippen MR) is 144 cm³/mol. The van der Waals surface area contributed by atoms with Gasteiger partial charge in [-0.2, -0.15) is 0 Å². The fourth-order valence-electron chi connectivity index (χ4n) is 3.55. The zero-order valence-corrected chi connectivity index (χ0v) is 23.3. The summed E-state index contributed by atoms with van der Waals surface area (Å²) >= 11 is 1.39. The molecule has 0 N–H and O–H groups in total. The van der Waals surface area contributed by atoms with E-state index >= 15 is 0 Å². The number of thiazole rings is 1. The molecule has 0 atom stereocenters. The van der Waals surface area contributed by atoms with Gasteiger partial charge in [-0.1, -0.05) is 24.7 Å². The number of hydrogen-bond acceptors (Lipinski definition) is 8. The summed E-state index contributed by atoms with van der Waals surface area (Å²) in [4.78, 5) is 22.1. The van der Waals surface area contributed by atoms with Crippen LogP contribution in [-0.4, -0.2) is 83.5 Å². The van der Waals surface area contributed by atoms with Gasteiger partial charge in [-0.15, -0.1) is 0 Å². The number of benzene rings is 2. The van der Waals surface area contributed by atoms with Crippen LogP contribution < -0.4 is 14.4 Å². The summed E-state index contributed by atoms with van der Waals surface area (Å²) in [6.45, 7) is 3.51. The van der Waals surface area contributed by atoms with Crippen LogP contribution in [0.25, 0.3) is 10.2 Å². The Bertz CT molecular complexity index is 1250. The summed E-state index contributed by atoms with van der Waals surface area (Å²) in [7, 11) is 4.97. The molecule has 0 aliphatic rings. The highest BCUT2D eigenvalue weighted by atomic mass is 32.2. The topological polar surface area (TPSA) is 92.3 Å². The Hall–Kier alpha value is -2.73. The molecule has 1 aromatic heterocycles. The molecular formula is C25H34N4O5S2. The van der Waals surface area contributed by atoms with E-state index in [2.05, 4.69) is 0 Å². The summed E-state index contributed by atoms with van der Waals surface area (Å²) in [5.74, 6) is 0.902. The lowest BCUT2D eigenvalue weighted by Crippen LogP contribution is -2.36. The molecule has 9 nitrogen and oxygen atoms in total. The van der Waals surface area contributed by atoms with Gasteiger partial charge in [0.1, 0.15) is 0 Å². The van der Waals surface area contributed by atoms with Gasteiger partial charge in [0.15, 0.2) is 16.6 Å². The molecule has 0 radical (unpaired) electrons. The van der Waals surface area contributed by atoms with Crippen molar-refractivity contribution in [2.24, 2.45) is 0 Å². The maximum atomic E-state index is 13.6. The van der Waals surface area contributed by atoms with Gasteiger partial charge in [0.25, 0.3) is 5.91 Å². The Morgan fingerprint density at radius 1 is 0.972 bits per heavy atom. The van der Waals surface area contributed by atoms with Gasteiger partial charge in [-0.3, -0.25) is 9.69 Å². The lowest BCUT2D eigenvalue weighted by molar-refractivity contribution is 0.0985. The number of sulfonamides is 1. The highest BCUT2D eigenvalue weighted by Gasteiger charge is 2.24. The summed E-state index contributed by atoms with van der Waals surface area (Å²) in [5, 5.41) is 0.545. The monoisotopic (exact) mass is 534 g/mol. The molecule has 0 unspecified atom stereocenters. The van der Waals surface area contributed by atoms with Gasteiger partial charge < -0.3 is 14.4 Å². The first-order chi connectivity index (χ1) is 17.1. The maximum absolute atomic E-state index is 13.6. The molecule has 196 valence electrons. The van der Waals surface area contributed by atoms with Crippen molar-refractivity contribution in [1.29, 1.82) is 0 Å². The number of likely N-dealkylation sites (N-methyl/N-ethyl adjacent to an activating group) is 1. The summed E-state index contributed by atoms with van der Waals surface area (Å²) in [6.07, 6.45) is 1.69. The van der Waals surface area contributed by atoms with E-state index in [9.17, 15) is 13.2 Å². The van der Waals surface area contributed by atoms with Gasteiger partial charge in [0, 0.05) is 44.4 Å². The van der Waals surface area contributed by atoms with E-state index in [0.717, 1.165) is 17.5 Å². The number of ether oxygens (including phenoxy) is 2. The molecule has 0 fully saturated rings. The third-order valence-electron chi connectivity index (χ3n) is 5.77. The third kappa shape index (κ3) is 6.15. The van der Waals surface area contributed by atoms with Gasteiger partial charge >= 0.3 is 0 Å². The fourth-order valence-corrected chi connectivity index (χ4v) is 5.76. The number of carbonyl (C=O) groups excluding carboxylic acids is 1. The smallest absolute Gasteiger partial charge is 0.260 e. The number of anilines is 1. The third-order valence-corrected chi connectivity index (χ3v) is 8.68. The summed E-state index contributed by atoms with van der Waals surface area (Å²) < 4.78 is 38.7. The van der Waals surface area contributed by atoms with E-state index in [4.69, 9.17) is 14.5 Å². The molecule has 0 saturated carbocycles. The van der Waals surface area contributed by atoms with E-state index < -0.39 is 10.0 Å². The van der Waals surface area contributed by atoms with Gasteiger partial charge in [-0.05, 0) is 44.8 Å². The molecule has 0 aliphatic heterocycles. The number of methoxy groups -OCH3 is 2. The van der Waals surface area contributed by atoms with Crippen LogP contribution in [-0.2, 0) is 10.0 Å². The molecule has 1 heterocycles. The molecule has 11 heteroatoms. The molecule has 3 rings (SSSR count). The van der Waals surface area contributed by atoms with E-state index in [1.807, 2.05) is 32.0 Å². The van der Waals surface area contributed by atoms with Gasteiger partial charge in [-0.25, -0.2) is 17.7 Å². The molecule has 3 aromatic rings. The summed E-state index contributed by atoms with van der Waals surface area (Å²) in [6, 6.07) is 9.73. The van der Waals surface area contributed by atoms with E-state index in [0.29, 0.717) is 47.3 Å². The molecule has 2 aromatic carbocycles. The largest absolute Gasteiger partial charge is 0.493 e. The van der Waals surface area contributed by atoms with Crippen molar-refractivity contribution in [2.45, 2.75) is 24.7 Å². The first-order valence-electron chi connectivity index (χ1n) is 11.7. The standard InChI is InChI=1S/C25H34N4O5S2/c1-7-8-13-28(4)36(31,32)19-11-9-18(10-12-19)24(30)29(15-14-27(2)3)25-26-20-16-21(33-5)22(34-6)17-23(20)35-25/h9-12,16-17H,7-8,13-15H2,1-6H3. The van der Waals surface area contributed by atoms with Crippen LogP contribution >= 0.6 is 11.3 Å². The molecule has 0 aliphatic carbocycles. The predicted octanol–water partition coefficient (Wildman–Crippen LogP) is 3.94. The number of unbranched alkanes of at least 4 members (excludes halogenated alkanes) is 1. The quantitative estimate of drug-likeness (QED) is 0.348. The van der Waals surface area contributed by atoms with Gasteiger partial charge in [0.2, 0.25) is 10.0 Å². The molecule has 0 spiro atoms. The minimum absolute atomic E-state index is 0.164. The van der Waals surface area contributed by atoms with Crippen LogP contribution in [0.4, 0.5) is 5.13 Å². The van der Waals surface area contributed by atoms with Crippen LogP contribution in [0.15, 0.2) is 41.3 Å². The second kappa shape index (κ2) is 12.0. The summed E-state index contributed by atoms with van der Waals surface area (Å²) in [5.41, 5.74) is 1.09. The van der Waals surface area contributed by atoms with Crippen LogP contribution in [0.5, 0.6) is 11.5 Å². The lowest BCUT2D eigenvalue weighted by atomic mass is 10.2. The fraction of sp³-hybridized carbons (Fsp3) is 0.440. The highest BCUT2D eigenvalue weighted by Crippen LogP contribution is 2.37. The zero-order chi connectivity index (χ0) is 26.5. The minimum atomic E-state index is -3.61. The van der Waals surface area contributed by atoms with E-state index in [1.165, 1.54) is 27.8 Å². The highest BCUT2D eigenvalue weighted by molar-refractivity contribution is 7.89. The maximum Gasteiger partial charge on any atom is 0.260 e. The Labute approximate surface area is 217 Å². The van der Waals surface area contributed by atoms with E-state index in [-0.39, 0.29) is 10.8 Å². The molecular weight excluding hydrogens is 500 g/mol. The number of carbonyl (C=O) groups is 1. The number of aromatic nitrogens is 1. The van der Waals surface area contributed by atoms with Crippen molar-refractivity contribution < 1.29 is 22.7 Å². The molecule has 1 amide bonds. The molecule has 0 bridgehead atoms. The first-order valence-corrected chi connectivity index (χ1v) is 13.9. The number of hydrogen-bond donors (Lipinski definition) is 0. The zero-order valence-electron chi connectivity index (χ0n) is 21.6. The van der Waals surface area contributed by atoms with Gasteiger partial charge in [0.05, 0.1) is 29.3 Å². The average molecular weight is 535 g/mol. The van der Waals surface area contributed by atoms with Crippen molar-refractivity contribution in [3.63, 3.8) is 0 Å². The first kappa shape index (κ1) is 27.9. The van der Waals surface area contributed by atoms with Crippen molar-refractivity contribution >= 4 is 42.6 Å².